The van der Waals surface area contributed by atoms with E-state index in [-0.39, 0.29) is 3.79 Å². The van der Waals surface area contributed by atoms with E-state index < -0.39 is 51.1 Å². The molecule has 0 fully saturated rings. The molecule has 0 bridgehead atoms. The van der Waals surface area contributed by atoms with Gasteiger partial charge in [0.1, 0.15) is 10.3 Å². The molecule has 14 heteroatoms. The zero-order valence-corrected chi connectivity index (χ0v) is 15.3. The Morgan fingerprint density at radius 1 is 1.24 bits per heavy atom. The summed E-state index contributed by atoms with van der Waals surface area (Å²) in [4.78, 5) is 11.6. The van der Waals surface area contributed by atoms with Crippen molar-refractivity contribution in [3.05, 3.63) is 15.9 Å². The molecular weight excluding hydrogens is 468 g/mol. The first-order valence-electron chi connectivity index (χ1n) is 6.28. The Balaban J connectivity index is 3.36. The zero-order chi connectivity index (χ0) is 19.6. The van der Waals surface area contributed by atoms with Gasteiger partial charge in [-0.15, -0.1) is 11.3 Å². The third-order valence-electron chi connectivity index (χ3n) is 2.67. The normalized spacial score (nSPS) is 14.6. The van der Waals surface area contributed by atoms with E-state index in [0.717, 1.165) is 13.0 Å². The van der Waals surface area contributed by atoms with Gasteiger partial charge in [0, 0.05) is 0 Å². The predicted molar refractivity (Wildman–Crippen MR) is 78.4 cm³/mol. The van der Waals surface area contributed by atoms with Crippen LogP contribution in [0.1, 0.15) is 6.92 Å². The first-order valence-corrected chi connectivity index (χ1v) is 9.37. The Kier molecular flexibility index (Phi) is 6.92. The average molecular weight is 478 g/mol. The number of sulfonamides is 1. The van der Waals surface area contributed by atoms with Gasteiger partial charge in [-0.2, -0.15) is 31.1 Å². The van der Waals surface area contributed by atoms with Crippen molar-refractivity contribution in [1.29, 1.82) is 0 Å². The van der Waals surface area contributed by atoms with Gasteiger partial charge < -0.3 is 4.74 Å². The number of esters is 1. The molecule has 1 unspecified atom stereocenters. The smallest absolute Gasteiger partial charge is 0.402 e. The van der Waals surface area contributed by atoms with Crippen LogP contribution in [0.25, 0.3) is 0 Å². The van der Waals surface area contributed by atoms with E-state index in [0.29, 0.717) is 11.3 Å². The van der Waals surface area contributed by atoms with Gasteiger partial charge in [-0.1, -0.05) is 0 Å². The fourth-order valence-corrected chi connectivity index (χ4v) is 4.94. The van der Waals surface area contributed by atoms with E-state index in [9.17, 15) is 39.6 Å². The summed E-state index contributed by atoms with van der Waals surface area (Å²) in [5, 5.41) is 0. The highest BCUT2D eigenvalue weighted by Gasteiger charge is 2.63. The van der Waals surface area contributed by atoms with Crippen molar-refractivity contribution in [2.45, 2.75) is 29.5 Å². The summed E-state index contributed by atoms with van der Waals surface area (Å²) in [5.41, 5.74) is 0. The van der Waals surface area contributed by atoms with Crippen molar-refractivity contribution in [3.63, 3.8) is 0 Å². The monoisotopic (exact) mass is 477 g/mol. The molecule has 25 heavy (non-hydrogen) atoms. The molecule has 1 rings (SSSR count). The van der Waals surface area contributed by atoms with Crippen LogP contribution < -0.4 is 4.72 Å². The van der Waals surface area contributed by atoms with Crippen LogP contribution >= 0.6 is 27.3 Å². The molecule has 144 valence electrons. The van der Waals surface area contributed by atoms with Crippen LogP contribution in [-0.4, -0.2) is 39.4 Å². The van der Waals surface area contributed by atoms with Crippen molar-refractivity contribution in [1.82, 2.24) is 4.72 Å². The molecule has 0 aliphatic carbocycles. The number of thiophene rings is 1. The fourth-order valence-electron chi connectivity index (χ4n) is 1.72. The second-order valence-corrected chi connectivity index (χ2v) is 8.87. The summed E-state index contributed by atoms with van der Waals surface area (Å²) in [5.74, 6) is -6.25. The SMILES string of the molecule is CCOC(=O)C(NS(=O)(=O)c1ccc(Br)s1)C(C(F)(F)F)C(F)(F)F. The van der Waals surface area contributed by atoms with Crippen molar-refractivity contribution >= 4 is 43.3 Å². The summed E-state index contributed by atoms with van der Waals surface area (Å²) < 4.78 is 106. The average Bonchev–Trinajstić information content (AvgIpc) is 2.82. The van der Waals surface area contributed by atoms with Gasteiger partial charge in [0.2, 0.25) is 0 Å². The molecule has 0 saturated heterocycles. The van der Waals surface area contributed by atoms with Crippen molar-refractivity contribution in [3.8, 4) is 0 Å². The highest BCUT2D eigenvalue weighted by atomic mass is 79.9. The Labute approximate surface area is 150 Å². The summed E-state index contributed by atoms with van der Waals surface area (Å²) in [6.07, 6.45) is -11.9. The summed E-state index contributed by atoms with van der Waals surface area (Å²) >= 11 is 3.45. The van der Waals surface area contributed by atoms with Crippen LogP contribution in [0.3, 0.4) is 0 Å². The molecule has 1 aromatic rings. The second kappa shape index (κ2) is 7.80. The van der Waals surface area contributed by atoms with Gasteiger partial charge in [-0.3, -0.25) is 4.79 Å². The molecule has 0 amide bonds. The number of halogens is 7. The van der Waals surface area contributed by atoms with Crippen molar-refractivity contribution < 1.29 is 44.3 Å². The van der Waals surface area contributed by atoms with Gasteiger partial charge in [0.25, 0.3) is 10.0 Å². The van der Waals surface area contributed by atoms with Crippen LogP contribution in [0.2, 0.25) is 0 Å². The maximum absolute atomic E-state index is 12.9. The zero-order valence-electron chi connectivity index (χ0n) is 12.1. The molecule has 0 aromatic carbocycles. The third kappa shape index (κ3) is 5.82. The highest BCUT2D eigenvalue weighted by Crippen LogP contribution is 2.42. The lowest BCUT2D eigenvalue weighted by Gasteiger charge is -2.29. The molecule has 1 atom stereocenters. The van der Waals surface area contributed by atoms with Crippen LogP contribution in [0.5, 0.6) is 0 Å². The molecular formula is C11H10BrF6NO4S2. The number of carbonyl (C=O) groups is 1. The Bertz CT molecular complexity index is 701. The lowest BCUT2D eigenvalue weighted by atomic mass is 9.99. The summed E-state index contributed by atoms with van der Waals surface area (Å²) in [6, 6.07) is -1.04. The molecule has 1 N–H and O–H groups in total. The van der Waals surface area contributed by atoms with Gasteiger partial charge in [0.15, 0.2) is 5.92 Å². The van der Waals surface area contributed by atoms with Crippen LogP contribution in [-0.2, 0) is 19.6 Å². The first-order chi connectivity index (χ1) is 11.2. The number of nitrogens with one attached hydrogen (secondary N) is 1. The molecule has 1 aromatic heterocycles. The van der Waals surface area contributed by atoms with E-state index in [1.807, 2.05) is 0 Å². The highest BCUT2D eigenvalue weighted by molar-refractivity contribution is 9.11. The number of alkyl halides is 6. The number of carbonyl (C=O) groups excluding carboxylic acids is 1. The number of ether oxygens (including phenoxy) is 1. The minimum absolute atomic E-state index is 0.267. The van der Waals surface area contributed by atoms with Gasteiger partial charge in [-0.25, -0.2) is 8.42 Å². The second-order valence-electron chi connectivity index (χ2n) is 4.47. The Morgan fingerprint density at radius 2 is 1.76 bits per heavy atom. The largest absolute Gasteiger partial charge is 0.465 e. The third-order valence-corrected chi connectivity index (χ3v) is 6.23. The lowest BCUT2D eigenvalue weighted by Crippen LogP contribution is -2.56. The molecule has 5 nitrogen and oxygen atoms in total. The van der Waals surface area contributed by atoms with E-state index in [4.69, 9.17) is 0 Å². The van der Waals surface area contributed by atoms with E-state index in [2.05, 4.69) is 20.7 Å². The topological polar surface area (TPSA) is 72.5 Å². The Morgan fingerprint density at radius 3 is 2.12 bits per heavy atom. The van der Waals surface area contributed by atoms with Gasteiger partial charge >= 0.3 is 18.3 Å². The number of hydrogen-bond acceptors (Lipinski definition) is 5. The minimum atomic E-state index is -5.94. The van der Waals surface area contributed by atoms with E-state index in [1.165, 1.54) is 10.8 Å². The maximum atomic E-state index is 12.9. The van der Waals surface area contributed by atoms with Crippen LogP contribution in [0.15, 0.2) is 20.1 Å². The number of rotatable bonds is 6. The summed E-state index contributed by atoms with van der Waals surface area (Å²) in [6.45, 7) is 0.611. The molecule has 0 radical (unpaired) electrons. The first kappa shape index (κ1) is 22.2. The van der Waals surface area contributed by atoms with E-state index in [1.54, 1.807) is 0 Å². The minimum Gasteiger partial charge on any atom is -0.465 e. The quantitative estimate of drug-likeness (QED) is 0.503. The lowest BCUT2D eigenvalue weighted by molar-refractivity contribution is -0.290. The molecule has 1 heterocycles. The predicted octanol–water partition coefficient (Wildman–Crippen LogP) is 3.46. The van der Waals surface area contributed by atoms with Crippen LogP contribution in [0.4, 0.5) is 26.3 Å². The van der Waals surface area contributed by atoms with Crippen LogP contribution in [0, 0.1) is 5.92 Å². The van der Waals surface area contributed by atoms with Crippen molar-refractivity contribution in [2.75, 3.05) is 6.61 Å². The van der Waals surface area contributed by atoms with E-state index >= 15 is 0 Å². The molecule has 0 aliphatic heterocycles. The molecule has 0 aliphatic rings. The van der Waals surface area contributed by atoms with Crippen molar-refractivity contribution in [2.24, 2.45) is 5.92 Å². The fraction of sp³-hybridized carbons (Fsp3) is 0.545. The molecule has 0 saturated carbocycles. The summed E-state index contributed by atoms with van der Waals surface area (Å²) in [7, 11) is -4.83. The standard InChI is InChI=1S/C11H10BrF6NO4S2/c1-2-23-9(20)7(8(10(13,14)15)11(16,17)18)19-25(21,22)6-4-3-5(12)24-6/h3-4,7-8,19H,2H2,1H3. The number of hydrogen-bond donors (Lipinski definition) is 1. The van der Waals surface area contributed by atoms with Gasteiger partial charge in [-0.05, 0) is 35.0 Å². The molecule has 0 spiro atoms. The Hall–Kier alpha value is -0.860. The maximum Gasteiger partial charge on any atom is 0.402 e. The van der Waals surface area contributed by atoms with Gasteiger partial charge in [0.05, 0.1) is 10.4 Å².